The minimum atomic E-state index is -0.111. The molecule has 0 radical (unpaired) electrons. The number of nitrogens with zero attached hydrogens (tertiary/aromatic N) is 4. The van der Waals surface area contributed by atoms with Crippen molar-refractivity contribution in [1.29, 1.82) is 0 Å². The molecule has 6 nitrogen and oxygen atoms in total. The number of rotatable bonds is 5. The Morgan fingerprint density at radius 1 is 1.41 bits per heavy atom. The maximum Gasteiger partial charge on any atom is 0.248 e. The van der Waals surface area contributed by atoms with Gasteiger partial charge in [0.15, 0.2) is 0 Å². The minimum Gasteiger partial charge on any atom is -0.342 e. The number of amides is 1. The van der Waals surface area contributed by atoms with Gasteiger partial charge >= 0.3 is 0 Å². The number of piperidine rings is 1. The van der Waals surface area contributed by atoms with Gasteiger partial charge in [0.1, 0.15) is 0 Å². The Balaban J connectivity index is 1.83. The molecule has 1 N–H and O–H groups in total. The van der Waals surface area contributed by atoms with Gasteiger partial charge in [-0.15, -0.1) is 0 Å². The summed E-state index contributed by atoms with van der Waals surface area (Å²) in [5, 5.41) is 2.98. The van der Waals surface area contributed by atoms with E-state index in [4.69, 9.17) is 4.98 Å². The van der Waals surface area contributed by atoms with E-state index in [-0.39, 0.29) is 5.91 Å². The SMILES string of the molecule is Cc1cc2c(cc1NC(=O)/C=C/CN(C)C)nc(N1CCC[C@@H](C)C1)n2C. The standard InChI is InChI=1S/C21H31N5O/c1-15-8-6-11-26(14-15)21-23-18-13-17(16(2)12-19(18)25(21)5)22-20(27)9-7-10-24(3)4/h7,9,12-13,15H,6,8,10-11,14H2,1-5H3,(H,22,27)/b9-7+/t15-/m1/s1. The summed E-state index contributed by atoms with van der Waals surface area (Å²) in [5.41, 5.74) is 3.88. The van der Waals surface area contributed by atoms with Gasteiger partial charge in [0.05, 0.1) is 11.0 Å². The van der Waals surface area contributed by atoms with E-state index in [0.717, 1.165) is 47.9 Å². The van der Waals surface area contributed by atoms with Crippen molar-refractivity contribution >= 4 is 28.6 Å². The highest BCUT2D eigenvalue weighted by Crippen LogP contribution is 2.29. The molecule has 6 heteroatoms. The van der Waals surface area contributed by atoms with Crippen molar-refractivity contribution in [2.24, 2.45) is 13.0 Å². The van der Waals surface area contributed by atoms with Crippen molar-refractivity contribution in [1.82, 2.24) is 14.5 Å². The number of aromatic nitrogens is 2. The van der Waals surface area contributed by atoms with Crippen LogP contribution in [0.3, 0.4) is 0 Å². The second-order valence-electron chi connectivity index (χ2n) is 7.97. The van der Waals surface area contributed by atoms with Gasteiger partial charge in [-0.1, -0.05) is 13.0 Å². The zero-order valence-corrected chi connectivity index (χ0v) is 17.1. The molecule has 1 fully saturated rings. The molecule has 1 aliphatic rings. The average Bonchev–Trinajstić information content (AvgIpc) is 2.91. The third-order valence-corrected chi connectivity index (χ3v) is 5.14. The number of carbonyl (C=O) groups is 1. The molecule has 1 aromatic heterocycles. The van der Waals surface area contributed by atoms with Crippen LogP contribution in [-0.4, -0.2) is 54.1 Å². The zero-order chi connectivity index (χ0) is 19.6. The number of aryl methyl sites for hydroxylation is 2. The van der Waals surface area contributed by atoms with Gasteiger partial charge in [-0.05, 0) is 57.5 Å². The lowest BCUT2D eigenvalue weighted by molar-refractivity contribution is -0.111. The molecule has 1 saturated heterocycles. The Hall–Kier alpha value is -2.34. The molecule has 2 aromatic rings. The molecule has 146 valence electrons. The predicted molar refractivity (Wildman–Crippen MR) is 112 cm³/mol. The van der Waals surface area contributed by atoms with E-state index in [2.05, 4.69) is 34.8 Å². The highest BCUT2D eigenvalue weighted by atomic mass is 16.1. The first-order chi connectivity index (χ1) is 12.8. The molecule has 2 heterocycles. The highest BCUT2D eigenvalue weighted by molar-refractivity contribution is 6.01. The number of anilines is 2. The summed E-state index contributed by atoms with van der Waals surface area (Å²) in [4.78, 5) is 21.5. The highest BCUT2D eigenvalue weighted by Gasteiger charge is 2.21. The molecular weight excluding hydrogens is 338 g/mol. The van der Waals surface area contributed by atoms with E-state index in [1.807, 2.05) is 38.1 Å². The molecule has 0 saturated carbocycles. The van der Waals surface area contributed by atoms with Crippen LogP contribution >= 0.6 is 0 Å². The van der Waals surface area contributed by atoms with E-state index in [1.54, 1.807) is 6.08 Å². The van der Waals surface area contributed by atoms with E-state index in [0.29, 0.717) is 5.92 Å². The van der Waals surface area contributed by atoms with Crippen molar-refractivity contribution in [2.75, 3.05) is 43.9 Å². The van der Waals surface area contributed by atoms with Gasteiger partial charge in [-0.2, -0.15) is 0 Å². The fourth-order valence-corrected chi connectivity index (χ4v) is 3.66. The first kappa shape index (κ1) is 19.4. The number of imidazole rings is 1. The van der Waals surface area contributed by atoms with Crippen LogP contribution < -0.4 is 10.2 Å². The third-order valence-electron chi connectivity index (χ3n) is 5.14. The summed E-state index contributed by atoms with van der Waals surface area (Å²) >= 11 is 0. The van der Waals surface area contributed by atoms with Crippen LogP contribution in [0.4, 0.5) is 11.6 Å². The molecule has 0 aliphatic carbocycles. The number of benzene rings is 1. The van der Waals surface area contributed by atoms with Crippen molar-refractivity contribution in [3.8, 4) is 0 Å². The summed E-state index contributed by atoms with van der Waals surface area (Å²) < 4.78 is 2.17. The average molecular weight is 370 g/mol. The van der Waals surface area contributed by atoms with Crippen LogP contribution in [0.15, 0.2) is 24.3 Å². The molecule has 1 aliphatic heterocycles. The molecule has 0 bridgehead atoms. The fourth-order valence-electron chi connectivity index (χ4n) is 3.66. The Morgan fingerprint density at radius 2 is 2.19 bits per heavy atom. The van der Waals surface area contributed by atoms with Crippen molar-refractivity contribution < 1.29 is 4.79 Å². The number of fused-ring (bicyclic) bond motifs is 1. The Morgan fingerprint density at radius 3 is 2.89 bits per heavy atom. The second-order valence-corrected chi connectivity index (χ2v) is 7.97. The van der Waals surface area contributed by atoms with Crippen LogP contribution in [0.25, 0.3) is 11.0 Å². The van der Waals surface area contributed by atoms with Gasteiger partial charge in [0, 0.05) is 38.4 Å². The first-order valence-electron chi connectivity index (χ1n) is 9.69. The topological polar surface area (TPSA) is 53.4 Å². The lowest BCUT2D eigenvalue weighted by atomic mass is 10.0. The minimum absolute atomic E-state index is 0.111. The Labute approximate surface area is 161 Å². The summed E-state index contributed by atoms with van der Waals surface area (Å²) in [5.74, 6) is 1.61. The largest absolute Gasteiger partial charge is 0.342 e. The third kappa shape index (κ3) is 4.50. The monoisotopic (exact) mass is 369 g/mol. The van der Waals surface area contributed by atoms with Crippen LogP contribution in [0.2, 0.25) is 0 Å². The molecule has 27 heavy (non-hydrogen) atoms. The van der Waals surface area contributed by atoms with E-state index >= 15 is 0 Å². The van der Waals surface area contributed by atoms with Gasteiger partial charge in [-0.25, -0.2) is 4.98 Å². The van der Waals surface area contributed by atoms with Gasteiger partial charge in [0.2, 0.25) is 11.9 Å². The molecule has 1 amide bonds. The number of carbonyl (C=O) groups excluding carboxylic acids is 1. The van der Waals surface area contributed by atoms with Gasteiger partial charge < -0.3 is 19.7 Å². The smallest absolute Gasteiger partial charge is 0.248 e. The lowest BCUT2D eigenvalue weighted by Gasteiger charge is -2.31. The lowest BCUT2D eigenvalue weighted by Crippen LogP contribution is -2.35. The number of hydrogen-bond acceptors (Lipinski definition) is 4. The predicted octanol–water partition coefficient (Wildman–Crippen LogP) is 3.17. The van der Waals surface area contributed by atoms with Crippen molar-refractivity contribution in [3.63, 3.8) is 0 Å². The quantitative estimate of drug-likeness (QED) is 0.823. The van der Waals surface area contributed by atoms with E-state index in [9.17, 15) is 4.79 Å². The summed E-state index contributed by atoms with van der Waals surface area (Å²) in [7, 11) is 6.02. The Kier molecular flexibility index (Phi) is 5.85. The van der Waals surface area contributed by atoms with Crippen molar-refractivity contribution in [2.45, 2.75) is 26.7 Å². The van der Waals surface area contributed by atoms with Crippen LogP contribution in [-0.2, 0) is 11.8 Å². The normalized spacial score (nSPS) is 18.0. The molecular formula is C21H31N5O. The van der Waals surface area contributed by atoms with E-state index < -0.39 is 0 Å². The molecule has 1 atom stereocenters. The van der Waals surface area contributed by atoms with Crippen LogP contribution in [0.1, 0.15) is 25.3 Å². The number of hydrogen-bond donors (Lipinski definition) is 1. The molecule has 3 rings (SSSR count). The van der Waals surface area contributed by atoms with E-state index in [1.165, 1.54) is 12.8 Å². The Bertz CT molecular complexity index is 852. The zero-order valence-electron chi connectivity index (χ0n) is 17.1. The van der Waals surface area contributed by atoms with Gasteiger partial charge in [-0.3, -0.25) is 4.79 Å². The molecule has 1 aromatic carbocycles. The van der Waals surface area contributed by atoms with Crippen LogP contribution in [0, 0.1) is 12.8 Å². The maximum atomic E-state index is 12.2. The number of likely N-dealkylation sites (N-methyl/N-ethyl adjacent to an activating group) is 1. The summed E-state index contributed by atoms with van der Waals surface area (Å²) in [6.07, 6.45) is 5.95. The van der Waals surface area contributed by atoms with Crippen LogP contribution in [0.5, 0.6) is 0 Å². The number of nitrogens with one attached hydrogen (secondary N) is 1. The maximum absolute atomic E-state index is 12.2. The fraction of sp³-hybridized carbons (Fsp3) is 0.524. The first-order valence-corrected chi connectivity index (χ1v) is 9.69. The van der Waals surface area contributed by atoms with Crippen molar-refractivity contribution in [3.05, 3.63) is 29.8 Å². The van der Waals surface area contributed by atoms with Gasteiger partial charge in [0.25, 0.3) is 0 Å². The second kappa shape index (κ2) is 8.13. The molecule has 0 spiro atoms. The summed E-state index contributed by atoms with van der Waals surface area (Å²) in [6.45, 7) is 7.17. The summed E-state index contributed by atoms with van der Waals surface area (Å²) in [6, 6.07) is 4.09. The molecule has 0 unspecified atom stereocenters.